The van der Waals surface area contributed by atoms with Crippen LogP contribution in [0.15, 0.2) is 0 Å². The minimum atomic E-state index is 0.183. The van der Waals surface area contributed by atoms with Gasteiger partial charge in [0.05, 0.1) is 0 Å². The van der Waals surface area contributed by atoms with Crippen LogP contribution >= 0.6 is 0 Å². The first kappa shape index (κ1) is 15.4. The van der Waals surface area contributed by atoms with Crippen LogP contribution in [-0.2, 0) is 4.79 Å². The minimum Gasteiger partial charge on any atom is -0.354 e. The standard InChI is InChI=1S/C14H29N3O/c1-12(2)16-14(18)7-11-17-9-5-13(6-10-17)4-8-15-3/h12-13,15H,4-11H2,1-3H3,(H,16,18). The van der Waals surface area contributed by atoms with E-state index in [1.54, 1.807) is 0 Å². The first-order valence-corrected chi connectivity index (χ1v) is 7.28. The van der Waals surface area contributed by atoms with Crippen LogP contribution in [0.2, 0.25) is 0 Å². The van der Waals surface area contributed by atoms with Crippen LogP contribution in [0.5, 0.6) is 0 Å². The highest BCUT2D eigenvalue weighted by Crippen LogP contribution is 2.19. The summed E-state index contributed by atoms with van der Waals surface area (Å²) in [6.45, 7) is 8.36. The molecule has 0 aromatic rings. The Kier molecular flexibility index (Phi) is 7.28. The number of amides is 1. The predicted molar refractivity (Wildman–Crippen MR) is 75.6 cm³/mol. The maximum atomic E-state index is 11.6. The lowest BCUT2D eigenvalue weighted by molar-refractivity contribution is -0.122. The molecule has 0 aliphatic carbocycles. The van der Waals surface area contributed by atoms with Crippen LogP contribution in [-0.4, -0.2) is 50.1 Å². The summed E-state index contributed by atoms with van der Waals surface area (Å²) in [7, 11) is 2.02. The minimum absolute atomic E-state index is 0.183. The molecular weight excluding hydrogens is 226 g/mol. The highest BCUT2D eigenvalue weighted by atomic mass is 16.1. The van der Waals surface area contributed by atoms with Crippen molar-refractivity contribution in [2.45, 2.75) is 45.6 Å². The molecule has 1 heterocycles. The van der Waals surface area contributed by atoms with Gasteiger partial charge in [-0.2, -0.15) is 0 Å². The lowest BCUT2D eigenvalue weighted by Crippen LogP contribution is -2.38. The predicted octanol–water partition coefficient (Wildman–Crippen LogP) is 1.22. The van der Waals surface area contributed by atoms with Crippen LogP contribution in [0.3, 0.4) is 0 Å². The van der Waals surface area contributed by atoms with E-state index in [-0.39, 0.29) is 11.9 Å². The molecule has 0 aromatic carbocycles. The monoisotopic (exact) mass is 255 g/mol. The Morgan fingerprint density at radius 3 is 2.56 bits per heavy atom. The number of carbonyl (C=O) groups excluding carboxylic acids is 1. The average molecular weight is 255 g/mol. The number of nitrogens with zero attached hydrogens (tertiary/aromatic N) is 1. The zero-order chi connectivity index (χ0) is 13.4. The van der Waals surface area contributed by atoms with Crippen molar-refractivity contribution in [2.75, 3.05) is 33.2 Å². The van der Waals surface area contributed by atoms with E-state index < -0.39 is 0 Å². The third-order valence-corrected chi connectivity index (χ3v) is 3.61. The van der Waals surface area contributed by atoms with Crippen molar-refractivity contribution in [1.29, 1.82) is 0 Å². The van der Waals surface area contributed by atoms with Crippen molar-refractivity contribution >= 4 is 5.91 Å². The van der Waals surface area contributed by atoms with Crippen molar-refractivity contribution in [1.82, 2.24) is 15.5 Å². The Morgan fingerprint density at radius 2 is 2.00 bits per heavy atom. The van der Waals surface area contributed by atoms with Gasteiger partial charge in [-0.05, 0) is 65.7 Å². The fourth-order valence-corrected chi connectivity index (χ4v) is 2.50. The second-order valence-corrected chi connectivity index (χ2v) is 5.65. The van der Waals surface area contributed by atoms with E-state index in [2.05, 4.69) is 15.5 Å². The summed E-state index contributed by atoms with van der Waals surface area (Å²) in [5, 5.41) is 6.16. The Morgan fingerprint density at radius 1 is 1.33 bits per heavy atom. The smallest absolute Gasteiger partial charge is 0.221 e. The summed E-state index contributed by atoms with van der Waals surface area (Å²) in [6, 6.07) is 0.254. The Hall–Kier alpha value is -0.610. The molecule has 1 aliphatic heterocycles. The van der Waals surface area contributed by atoms with Gasteiger partial charge in [0.25, 0.3) is 0 Å². The number of piperidine rings is 1. The zero-order valence-electron chi connectivity index (χ0n) is 12.2. The first-order valence-electron chi connectivity index (χ1n) is 7.28. The quantitative estimate of drug-likeness (QED) is 0.719. The maximum absolute atomic E-state index is 11.6. The zero-order valence-corrected chi connectivity index (χ0v) is 12.2. The molecule has 1 saturated heterocycles. The fourth-order valence-electron chi connectivity index (χ4n) is 2.50. The summed E-state index contributed by atoms with van der Waals surface area (Å²) in [6.07, 6.45) is 4.50. The van der Waals surface area contributed by atoms with Crippen molar-refractivity contribution in [3.05, 3.63) is 0 Å². The van der Waals surface area contributed by atoms with Gasteiger partial charge in [0.2, 0.25) is 5.91 Å². The van der Waals surface area contributed by atoms with Crippen molar-refractivity contribution in [3.63, 3.8) is 0 Å². The van der Waals surface area contributed by atoms with E-state index in [1.165, 1.54) is 19.3 Å². The van der Waals surface area contributed by atoms with Crippen molar-refractivity contribution < 1.29 is 4.79 Å². The summed E-state index contributed by atoms with van der Waals surface area (Å²) < 4.78 is 0. The topological polar surface area (TPSA) is 44.4 Å². The van der Waals surface area contributed by atoms with Gasteiger partial charge >= 0.3 is 0 Å². The normalized spacial score (nSPS) is 18.2. The molecule has 18 heavy (non-hydrogen) atoms. The van der Waals surface area contributed by atoms with Crippen molar-refractivity contribution in [3.8, 4) is 0 Å². The molecule has 4 heteroatoms. The number of likely N-dealkylation sites (tertiary alicyclic amines) is 1. The highest BCUT2D eigenvalue weighted by molar-refractivity contribution is 5.76. The van der Waals surface area contributed by atoms with Gasteiger partial charge in [0, 0.05) is 19.0 Å². The lowest BCUT2D eigenvalue weighted by Gasteiger charge is -2.31. The number of nitrogens with one attached hydrogen (secondary N) is 2. The number of hydrogen-bond acceptors (Lipinski definition) is 3. The van der Waals surface area contributed by atoms with Gasteiger partial charge in [-0.1, -0.05) is 0 Å². The molecule has 0 bridgehead atoms. The summed E-state index contributed by atoms with van der Waals surface area (Å²) in [5.74, 6) is 1.06. The van der Waals surface area contributed by atoms with Crippen LogP contribution in [0.25, 0.3) is 0 Å². The van der Waals surface area contributed by atoms with E-state index in [0.29, 0.717) is 6.42 Å². The van der Waals surface area contributed by atoms with E-state index in [0.717, 1.165) is 32.1 Å². The molecule has 106 valence electrons. The first-order chi connectivity index (χ1) is 8.61. The van der Waals surface area contributed by atoms with E-state index >= 15 is 0 Å². The Balaban J connectivity index is 2.10. The van der Waals surface area contributed by atoms with Gasteiger partial charge in [0.15, 0.2) is 0 Å². The molecule has 0 atom stereocenters. The highest BCUT2D eigenvalue weighted by Gasteiger charge is 2.19. The Bertz CT molecular complexity index is 235. The van der Waals surface area contributed by atoms with Gasteiger partial charge in [-0.25, -0.2) is 0 Å². The molecule has 1 fully saturated rings. The van der Waals surface area contributed by atoms with Gasteiger partial charge in [-0.3, -0.25) is 4.79 Å². The molecule has 0 radical (unpaired) electrons. The SMILES string of the molecule is CNCCC1CCN(CCC(=O)NC(C)C)CC1. The summed E-state index contributed by atoms with van der Waals surface area (Å²) >= 11 is 0. The molecule has 1 aliphatic rings. The maximum Gasteiger partial charge on any atom is 0.221 e. The number of hydrogen-bond donors (Lipinski definition) is 2. The van der Waals surface area contributed by atoms with Crippen LogP contribution in [0.4, 0.5) is 0 Å². The number of carbonyl (C=O) groups is 1. The molecule has 0 aromatic heterocycles. The van der Waals surface area contributed by atoms with Crippen LogP contribution in [0.1, 0.15) is 39.5 Å². The van der Waals surface area contributed by atoms with Crippen LogP contribution in [0, 0.1) is 5.92 Å². The summed E-state index contributed by atoms with van der Waals surface area (Å²) in [5.41, 5.74) is 0. The second-order valence-electron chi connectivity index (χ2n) is 5.65. The average Bonchev–Trinajstić information content (AvgIpc) is 2.34. The lowest BCUT2D eigenvalue weighted by atomic mass is 9.93. The van der Waals surface area contributed by atoms with Gasteiger partial charge in [-0.15, -0.1) is 0 Å². The molecule has 0 unspecified atom stereocenters. The van der Waals surface area contributed by atoms with E-state index in [4.69, 9.17) is 0 Å². The Labute approximate surface area is 111 Å². The molecular formula is C14H29N3O. The van der Waals surface area contributed by atoms with Crippen molar-refractivity contribution in [2.24, 2.45) is 5.92 Å². The third-order valence-electron chi connectivity index (χ3n) is 3.61. The van der Waals surface area contributed by atoms with E-state index in [1.807, 2.05) is 20.9 Å². The third kappa shape index (κ3) is 6.36. The molecule has 1 amide bonds. The molecule has 0 spiro atoms. The van der Waals surface area contributed by atoms with Gasteiger partial charge in [0.1, 0.15) is 0 Å². The second kappa shape index (κ2) is 8.48. The summed E-state index contributed by atoms with van der Waals surface area (Å²) in [4.78, 5) is 14.0. The fraction of sp³-hybridized carbons (Fsp3) is 0.929. The number of rotatable bonds is 7. The van der Waals surface area contributed by atoms with Crippen LogP contribution < -0.4 is 10.6 Å². The largest absolute Gasteiger partial charge is 0.354 e. The molecule has 1 rings (SSSR count). The van der Waals surface area contributed by atoms with E-state index in [9.17, 15) is 4.79 Å². The molecule has 0 saturated carbocycles. The molecule has 2 N–H and O–H groups in total. The molecule has 4 nitrogen and oxygen atoms in total. The van der Waals surface area contributed by atoms with Gasteiger partial charge < -0.3 is 15.5 Å².